The molecule has 0 aliphatic heterocycles. The summed E-state index contributed by atoms with van der Waals surface area (Å²) in [6, 6.07) is 9.40. The smallest absolute Gasteiger partial charge is 0.234 e. The summed E-state index contributed by atoms with van der Waals surface area (Å²) < 4.78 is 0. The lowest BCUT2D eigenvalue weighted by atomic mass is 10.1. The third kappa shape index (κ3) is 4.76. The summed E-state index contributed by atoms with van der Waals surface area (Å²) >= 11 is 7.52. The molecule has 2 N–H and O–H groups in total. The van der Waals surface area contributed by atoms with Crippen molar-refractivity contribution in [3.8, 4) is 17.3 Å². The fourth-order valence-corrected chi connectivity index (χ4v) is 3.11. The van der Waals surface area contributed by atoms with E-state index in [2.05, 4.69) is 15.6 Å². The van der Waals surface area contributed by atoms with Gasteiger partial charge in [-0.15, -0.1) is 11.3 Å². The molecule has 0 fully saturated rings. The van der Waals surface area contributed by atoms with E-state index in [9.17, 15) is 4.79 Å². The number of halogens is 1. The van der Waals surface area contributed by atoms with Crippen molar-refractivity contribution in [2.45, 2.75) is 19.9 Å². The van der Waals surface area contributed by atoms with Gasteiger partial charge in [0.05, 0.1) is 24.3 Å². The van der Waals surface area contributed by atoms with Gasteiger partial charge in [-0.1, -0.05) is 23.7 Å². The number of aryl methyl sites for hydroxylation is 1. The predicted molar refractivity (Wildman–Crippen MR) is 92.3 cm³/mol. The van der Waals surface area contributed by atoms with E-state index in [1.165, 1.54) is 0 Å². The molecule has 5 nitrogen and oxygen atoms in total. The molecule has 1 aromatic heterocycles. The summed E-state index contributed by atoms with van der Waals surface area (Å²) in [5.41, 5.74) is 1.96. The average molecular weight is 349 g/mol. The molecule has 0 spiro atoms. The monoisotopic (exact) mass is 348 g/mol. The van der Waals surface area contributed by atoms with E-state index in [0.717, 1.165) is 21.1 Å². The quantitative estimate of drug-likeness (QED) is 0.786. The number of nitrogens with one attached hydrogen (secondary N) is 2. The van der Waals surface area contributed by atoms with Crippen molar-refractivity contribution in [2.24, 2.45) is 0 Å². The number of nitrogens with zero attached hydrogens (tertiary/aromatic N) is 2. The minimum Gasteiger partial charge on any atom is -0.342 e. The van der Waals surface area contributed by atoms with Gasteiger partial charge >= 0.3 is 0 Å². The Morgan fingerprint density at radius 1 is 1.43 bits per heavy atom. The molecule has 2 rings (SSSR count). The van der Waals surface area contributed by atoms with Crippen LogP contribution in [0.2, 0.25) is 5.02 Å². The van der Waals surface area contributed by atoms with Gasteiger partial charge in [0, 0.05) is 15.5 Å². The zero-order valence-electron chi connectivity index (χ0n) is 12.9. The van der Waals surface area contributed by atoms with E-state index in [1.54, 1.807) is 11.3 Å². The Morgan fingerprint density at radius 2 is 2.13 bits per heavy atom. The number of aromatic nitrogens is 1. The number of thiazole rings is 1. The highest BCUT2D eigenvalue weighted by Gasteiger charge is 2.15. The molecule has 0 radical (unpaired) electrons. The number of nitriles is 1. The van der Waals surface area contributed by atoms with E-state index in [1.807, 2.05) is 44.2 Å². The average Bonchev–Trinajstić information content (AvgIpc) is 2.93. The highest BCUT2D eigenvalue weighted by Crippen LogP contribution is 2.30. The zero-order valence-corrected chi connectivity index (χ0v) is 14.5. The standard InChI is InChI=1S/C16H17ClN4OS/c1-10(20-9-14(22)19-8-7-18)16-21-15(11(2)23-16)12-3-5-13(17)6-4-12/h3-6,10,20H,8-9H2,1-2H3,(H,19,22). The molecule has 23 heavy (non-hydrogen) atoms. The lowest BCUT2D eigenvalue weighted by molar-refractivity contribution is -0.120. The summed E-state index contributed by atoms with van der Waals surface area (Å²) in [5, 5.41) is 15.6. The molecule has 1 aromatic carbocycles. The predicted octanol–water partition coefficient (Wildman–Crippen LogP) is 3.06. The third-order valence-corrected chi connectivity index (χ3v) is 4.64. The van der Waals surface area contributed by atoms with Gasteiger partial charge < -0.3 is 5.32 Å². The molecule has 0 saturated carbocycles. The minimum atomic E-state index is -0.204. The van der Waals surface area contributed by atoms with Crippen molar-refractivity contribution < 1.29 is 4.79 Å². The fraction of sp³-hybridized carbons (Fsp3) is 0.312. The van der Waals surface area contributed by atoms with Crippen LogP contribution in [-0.2, 0) is 4.79 Å². The third-order valence-electron chi connectivity index (χ3n) is 3.23. The van der Waals surface area contributed by atoms with E-state index >= 15 is 0 Å². The van der Waals surface area contributed by atoms with E-state index in [0.29, 0.717) is 5.02 Å². The first-order valence-corrected chi connectivity index (χ1v) is 8.31. The molecule has 0 bridgehead atoms. The van der Waals surface area contributed by atoms with E-state index in [-0.39, 0.29) is 25.0 Å². The maximum absolute atomic E-state index is 11.5. The van der Waals surface area contributed by atoms with Crippen molar-refractivity contribution in [1.29, 1.82) is 5.26 Å². The Hall–Kier alpha value is -1.94. The van der Waals surface area contributed by atoms with Crippen LogP contribution >= 0.6 is 22.9 Å². The van der Waals surface area contributed by atoms with Crippen molar-refractivity contribution in [3.63, 3.8) is 0 Å². The molecule has 0 aliphatic rings. The van der Waals surface area contributed by atoms with Crippen LogP contribution in [0.1, 0.15) is 22.9 Å². The normalized spacial score (nSPS) is 11.7. The summed E-state index contributed by atoms with van der Waals surface area (Å²) in [5.74, 6) is -0.204. The van der Waals surface area contributed by atoms with Crippen LogP contribution in [0.5, 0.6) is 0 Å². The molecule has 1 heterocycles. The van der Waals surface area contributed by atoms with Gasteiger partial charge in [-0.2, -0.15) is 5.26 Å². The second-order valence-corrected chi connectivity index (χ2v) is 6.67. The molecule has 0 saturated heterocycles. The number of hydrogen-bond acceptors (Lipinski definition) is 5. The molecule has 120 valence electrons. The zero-order chi connectivity index (χ0) is 16.8. The second kappa shape index (κ2) is 8.06. The van der Waals surface area contributed by atoms with Gasteiger partial charge in [-0.25, -0.2) is 4.98 Å². The number of carbonyl (C=O) groups is 1. The maximum Gasteiger partial charge on any atom is 0.234 e. The number of amides is 1. The van der Waals surface area contributed by atoms with Crippen LogP contribution in [0.3, 0.4) is 0 Å². The molecule has 1 unspecified atom stereocenters. The second-order valence-electron chi connectivity index (χ2n) is 5.00. The molecule has 0 aliphatic carbocycles. The van der Waals surface area contributed by atoms with Gasteiger partial charge in [-0.05, 0) is 26.0 Å². The summed E-state index contributed by atoms with van der Waals surface area (Å²) in [6.07, 6.45) is 0. The summed E-state index contributed by atoms with van der Waals surface area (Å²) in [7, 11) is 0. The Kier molecular flexibility index (Phi) is 6.11. The lowest BCUT2D eigenvalue weighted by Crippen LogP contribution is -2.35. The van der Waals surface area contributed by atoms with E-state index < -0.39 is 0 Å². The van der Waals surface area contributed by atoms with Gasteiger partial charge in [0.15, 0.2) is 0 Å². The SMILES string of the molecule is Cc1sc(C(C)NCC(=O)NCC#N)nc1-c1ccc(Cl)cc1. The largest absolute Gasteiger partial charge is 0.342 e. The highest BCUT2D eigenvalue weighted by molar-refractivity contribution is 7.12. The summed E-state index contributed by atoms with van der Waals surface area (Å²) in [6.45, 7) is 4.16. The Morgan fingerprint density at radius 3 is 2.78 bits per heavy atom. The number of benzene rings is 1. The number of hydrogen-bond donors (Lipinski definition) is 2. The van der Waals surface area contributed by atoms with Gasteiger partial charge in [-0.3, -0.25) is 10.1 Å². The number of carbonyl (C=O) groups excluding carboxylic acids is 1. The van der Waals surface area contributed by atoms with Crippen LogP contribution in [0.4, 0.5) is 0 Å². The molecule has 1 amide bonds. The summed E-state index contributed by atoms with van der Waals surface area (Å²) in [4.78, 5) is 17.3. The van der Waals surface area contributed by atoms with E-state index in [4.69, 9.17) is 16.9 Å². The van der Waals surface area contributed by atoms with Crippen molar-refractivity contribution in [2.75, 3.05) is 13.1 Å². The lowest BCUT2D eigenvalue weighted by Gasteiger charge is -2.10. The first kappa shape index (κ1) is 17.4. The Balaban J connectivity index is 2.04. The topological polar surface area (TPSA) is 77.8 Å². The van der Waals surface area contributed by atoms with Gasteiger partial charge in [0.1, 0.15) is 11.6 Å². The Bertz CT molecular complexity index is 721. The molecule has 1 atom stereocenters. The minimum absolute atomic E-state index is 0.0198. The van der Waals surface area contributed by atoms with Crippen LogP contribution in [0, 0.1) is 18.3 Å². The first-order chi connectivity index (χ1) is 11.0. The van der Waals surface area contributed by atoms with Gasteiger partial charge in [0.2, 0.25) is 5.91 Å². The van der Waals surface area contributed by atoms with Crippen LogP contribution in [0.25, 0.3) is 11.3 Å². The van der Waals surface area contributed by atoms with Crippen LogP contribution < -0.4 is 10.6 Å². The van der Waals surface area contributed by atoms with Gasteiger partial charge in [0.25, 0.3) is 0 Å². The molecular weight excluding hydrogens is 332 g/mol. The van der Waals surface area contributed by atoms with Crippen LogP contribution in [-0.4, -0.2) is 24.0 Å². The maximum atomic E-state index is 11.5. The van der Waals surface area contributed by atoms with Crippen molar-refractivity contribution in [3.05, 3.63) is 39.2 Å². The number of rotatable bonds is 6. The molecular formula is C16H17ClN4OS. The fourth-order valence-electron chi connectivity index (χ4n) is 2.01. The van der Waals surface area contributed by atoms with Crippen LogP contribution in [0.15, 0.2) is 24.3 Å². The van der Waals surface area contributed by atoms with Crippen molar-refractivity contribution in [1.82, 2.24) is 15.6 Å². The first-order valence-electron chi connectivity index (χ1n) is 7.11. The molecule has 7 heteroatoms. The molecule has 2 aromatic rings. The highest BCUT2D eigenvalue weighted by atomic mass is 35.5. The Labute approximate surface area is 144 Å². The van der Waals surface area contributed by atoms with Crippen molar-refractivity contribution >= 4 is 28.8 Å².